The maximum atomic E-state index is 12.0. The first kappa shape index (κ1) is 13.7. The Balaban J connectivity index is 3.05. The summed E-state index contributed by atoms with van der Waals surface area (Å²) < 4.78 is 0. The lowest BCUT2D eigenvalue weighted by atomic mass is 10.2. The van der Waals surface area contributed by atoms with E-state index < -0.39 is 23.9 Å². The van der Waals surface area contributed by atoms with Crippen LogP contribution in [0.3, 0.4) is 0 Å². The van der Waals surface area contributed by atoms with Crippen molar-refractivity contribution in [1.29, 1.82) is 0 Å². The van der Waals surface area contributed by atoms with Crippen LogP contribution < -0.4 is 5.43 Å². The number of carboxylic acid groups (broad SMARTS) is 1. The van der Waals surface area contributed by atoms with Crippen LogP contribution in [0.5, 0.6) is 0 Å². The van der Waals surface area contributed by atoms with Gasteiger partial charge in [-0.15, -0.1) is 6.58 Å². The largest absolute Gasteiger partial charge is 0.480 e. The van der Waals surface area contributed by atoms with E-state index in [0.717, 1.165) is 4.90 Å². The smallest absolute Gasteiger partial charge is 0.323 e. The number of nitrogens with one attached hydrogen (secondary N) is 1. The summed E-state index contributed by atoms with van der Waals surface area (Å²) in [6.45, 7) is 4.73. The Kier molecular flexibility index (Phi) is 4.42. The number of carboxylic acids is 1. The third-order valence-electron chi connectivity index (χ3n) is 2.25. The van der Waals surface area contributed by atoms with Gasteiger partial charge in [0.1, 0.15) is 12.1 Å². The molecule has 0 aromatic carbocycles. The van der Waals surface area contributed by atoms with E-state index in [-0.39, 0.29) is 12.1 Å². The number of rotatable bonds is 5. The number of hydrogen-bond donors (Lipinski definition) is 2. The zero-order valence-electron chi connectivity index (χ0n) is 9.97. The molecule has 2 N–H and O–H groups in total. The minimum absolute atomic E-state index is 0.0679. The van der Waals surface area contributed by atoms with Crippen LogP contribution in [0.15, 0.2) is 29.7 Å². The van der Waals surface area contributed by atoms with E-state index in [1.807, 2.05) is 0 Å². The number of amides is 1. The van der Waals surface area contributed by atoms with Gasteiger partial charge in [0.2, 0.25) is 0 Å². The average molecular weight is 250 g/mol. The van der Waals surface area contributed by atoms with E-state index in [9.17, 15) is 14.4 Å². The highest BCUT2D eigenvalue weighted by Gasteiger charge is 2.19. The summed E-state index contributed by atoms with van der Waals surface area (Å²) in [6, 6.07) is 1.29. The molecule has 0 unspecified atom stereocenters. The van der Waals surface area contributed by atoms with Gasteiger partial charge in [-0.25, -0.2) is 0 Å². The summed E-state index contributed by atoms with van der Waals surface area (Å²) in [7, 11) is 0. The Labute approximate surface area is 104 Å². The zero-order chi connectivity index (χ0) is 13.7. The van der Waals surface area contributed by atoms with Crippen molar-refractivity contribution >= 4 is 11.9 Å². The van der Waals surface area contributed by atoms with Gasteiger partial charge >= 0.3 is 5.97 Å². The second-order valence-electron chi connectivity index (χ2n) is 3.76. The molecule has 1 aromatic heterocycles. The summed E-state index contributed by atoms with van der Waals surface area (Å²) in [5.74, 6) is -1.77. The SMILES string of the molecule is C=CCN(CC(=O)O)C(=O)c1c[nH]c(C)cc1=O. The summed E-state index contributed by atoms with van der Waals surface area (Å²) in [4.78, 5) is 38.1. The summed E-state index contributed by atoms with van der Waals surface area (Å²) >= 11 is 0. The molecule has 0 atom stereocenters. The van der Waals surface area contributed by atoms with Gasteiger partial charge in [0.25, 0.3) is 5.91 Å². The normalized spacial score (nSPS) is 9.83. The van der Waals surface area contributed by atoms with E-state index in [1.165, 1.54) is 18.3 Å². The predicted octanol–water partition coefficient (Wildman–Crippen LogP) is 0.396. The molecule has 0 aliphatic heterocycles. The fraction of sp³-hybridized carbons (Fsp3) is 0.250. The third kappa shape index (κ3) is 3.31. The van der Waals surface area contributed by atoms with Crippen LogP contribution in [0, 0.1) is 6.92 Å². The minimum atomic E-state index is -1.14. The molecular formula is C12H14N2O4. The molecule has 0 radical (unpaired) electrons. The van der Waals surface area contributed by atoms with Crippen molar-refractivity contribution in [2.24, 2.45) is 0 Å². The van der Waals surface area contributed by atoms with Crippen LogP contribution in [-0.4, -0.2) is 40.0 Å². The van der Waals surface area contributed by atoms with Gasteiger partial charge in [0.05, 0.1) is 0 Å². The first-order valence-electron chi connectivity index (χ1n) is 5.27. The van der Waals surface area contributed by atoms with Gasteiger partial charge in [-0.05, 0) is 6.92 Å². The lowest BCUT2D eigenvalue weighted by Crippen LogP contribution is -2.38. The summed E-state index contributed by atoms with van der Waals surface area (Å²) in [5.41, 5.74) is 0.115. The van der Waals surface area contributed by atoms with Crippen LogP contribution in [0.4, 0.5) is 0 Å². The van der Waals surface area contributed by atoms with Crippen LogP contribution in [0.1, 0.15) is 16.1 Å². The van der Waals surface area contributed by atoms with Crippen LogP contribution in [0.2, 0.25) is 0 Å². The van der Waals surface area contributed by atoms with Crippen molar-refractivity contribution in [1.82, 2.24) is 9.88 Å². The van der Waals surface area contributed by atoms with E-state index in [2.05, 4.69) is 11.6 Å². The van der Waals surface area contributed by atoms with Gasteiger partial charge in [-0.1, -0.05) is 6.08 Å². The predicted molar refractivity (Wildman–Crippen MR) is 65.5 cm³/mol. The quantitative estimate of drug-likeness (QED) is 0.740. The van der Waals surface area contributed by atoms with E-state index >= 15 is 0 Å². The van der Waals surface area contributed by atoms with Crippen LogP contribution >= 0.6 is 0 Å². The van der Waals surface area contributed by atoms with Gasteiger partial charge < -0.3 is 15.0 Å². The molecular weight excluding hydrogens is 236 g/mol. The molecule has 0 saturated carbocycles. The molecule has 0 aliphatic carbocycles. The number of carbonyl (C=O) groups is 2. The lowest BCUT2D eigenvalue weighted by Gasteiger charge is -2.18. The standard InChI is InChI=1S/C12H14N2O4/c1-3-4-14(7-11(16)17)12(18)9-6-13-8(2)5-10(9)15/h3,5-6H,1,4,7H2,2H3,(H,13,15)(H,16,17). The number of aromatic nitrogens is 1. The maximum absolute atomic E-state index is 12.0. The summed E-state index contributed by atoms with van der Waals surface area (Å²) in [6.07, 6.45) is 2.70. The number of aryl methyl sites for hydroxylation is 1. The molecule has 0 aliphatic rings. The number of aromatic amines is 1. The molecule has 0 fully saturated rings. The Morgan fingerprint density at radius 2 is 2.22 bits per heavy atom. The molecule has 18 heavy (non-hydrogen) atoms. The van der Waals surface area contributed by atoms with E-state index in [0.29, 0.717) is 5.69 Å². The second kappa shape index (κ2) is 5.81. The highest BCUT2D eigenvalue weighted by atomic mass is 16.4. The fourth-order valence-corrected chi connectivity index (χ4v) is 1.45. The molecule has 1 heterocycles. The van der Waals surface area contributed by atoms with Crippen molar-refractivity contribution in [2.45, 2.75) is 6.92 Å². The molecule has 96 valence electrons. The number of nitrogens with zero attached hydrogens (tertiary/aromatic N) is 1. The lowest BCUT2D eigenvalue weighted by molar-refractivity contribution is -0.137. The molecule has 0 saturated heterocycles. The minimum Gasteiger partial charge on any atom is -0.480 e. The molecule has 1 amide bonds. The number of H-pyrrole nitrogens is 1. The van der Waals surface area contributed by atoms with E-state index in [4.69, 9.17) is 5.11 Å². The fourth-order valence-electron chi connectivity index (χ4n) is 1.45. The Morgan fingerprint density at radius 1 is 1.56 bits per heavy atom. The second-order valence-corrected chi connectivity index (χ2v) is 3.76. The number of carbonyl (C=O) groups excluding carboxylic acids is 1. The Morgan fingerprint density at radius 3 is 2.72 bits per heavy atom. The molecule has 0 spiro atoms. The Bertz CT molecular complexity index is 533. The molecule has 1 aromatic rings. The highest BCUT2D eigenvalue weighted by molar-refractivity contribution is 5.95. The maximum Gasteiger partial charge on any atom is 0.323 e. The molecule has 6 nitrogen and oxygen atoms in total. The van der Waals surface area contributed by atoms with E-state index in [1.54, 1.807) is 6.92 Å². The third-order valence-corrected chi connectivity index (χ3v) is 2.25. The Hall–Kier alpha value is -2.37. The van der Waals surface area contributed by atoms with Crippen molar-refractivity contribution in [3.63, 3.8) is 0 Å². The zero-order valence-corrected chi connectivity index (χ0v) is 9.97. The molecule has 0 bridgehead atoms. The van der Waals surface area contributed by atoms with Crippen molar-refractivity contribution in [3.05, 3.63) is 46.4 Å². The van der Waals surface area contributed by atoms with Crippen molar-refractivity contribution in [2.75, 3.05) is 13.1 Å². The monoisotopic (exact) mass is 250 g/mol. The van der Waals surface area contributed by atoms with Gasteiger partial charge in [-0.3, -0.25) is 14.4 Å². The van der Waals surface area contributed by atoms with Crippen molar-refractivity contribution in [3.8, 4) is 0 Å². The number of hydrogen-bond acceptors (Lipinski definition) is 3. The van der Waals surface area contributed by atoms with Crippen LogP contribution in [-0.2, 0) is 4.79 Å². The number of aliphatic carboxylic acids is 1. The van der Waals surface area contributed by atoms with Crippen LogP contribution in [0.25, 0.3) is 0 Å². The van der Waals surface area contributed by atoms with Gasteiger partial charge in [0.15, 0.2) is 5.43 Å². The first-order chi connectivity index (χ1) is 8.45. The van der Waals surface area contributed by atoms with Gasteiger partial charge in [0, 0.05) is 24.5 Å². The summed E-state index contributed by atoms with van der Waals surface area (Å²) in [5, 5.41) is 8.71. The average Bonchev–Trinajstić information content (AvgIpc) is 2.27. The topological polar surface area (TPSA) is 90.5 Å². The van der Waals surface area contributed by atoms with Gasteiger partial charge in [-0.2, -0.15) is 0 Å². The number of pyridine rings is 1. The molecule has 1 rings (SSSR count). The molecule has 6 heteroatoms. The highest BCUT2D eigenvalue weighted by Crippen LogP contribution is 2.00. The first-order valence-corrected chi connectivity index (χ1v) is 5.27. The van der Waals surface area contributed by atoms with Crippen molar-refractivity contribution < 1.29 is 14.7 Å².